The Kier molecular flexibility index (Phi) is 8.47. The summed E-state index contributed by atoms with van der Waals surface area (Å²) in [7, 11) is -3.42. The molecule has 0 unspecified atom stereocenters. The maximum absolute atomic E-state index is 12.1. The van der Waals surface area contributed by atoms with E-state index >= 15 is 0 Å². The van der Waals surface area contributed by atoms with Crippen LogP contribution in [-0.4, -0.2) is 33.0 Å². The molecule has 0 atom stereocenters. The summed E-state index contributed by atoms with van der Waals surface area (Å²) in [4.78, 5) is 0.295. The molecule has 6 heteroatoms. The van der Waals surface area contributed by atoms with Crippen LogP contribution in [0.25, 0.3) is 0 Å². The van der Waals surface area contributed by atoms with Crippen molar-refractivity contribution in [2.45, 2.75) is 24.8 Å². The van der Waals surface area contributed by atoms with Gasteiger partial charge in [0.15, 0.2) is 0 Å². The van der Waals surface area contributed by atoms with Gasteiger partial charge in [0.1, 0.15) is 0 Å². The van der Waals surface area contributed by atoms with E-state index in [1.54, 1.807) is 12.1 Å². The molecule has 1 rings (SSSR count). The summed E-state index contributed by atoms with van der Waals surface area (Å²) in [5.74, 6) is 3.77. The van der Waals surface area contributed by atoms with Crippen molar-refractivity contribution in [3.8, 4) is 12.3 Å². The summed E-state index contributed by atoms with van der Waals surface area (Å²) >= 11 is 1.53. The molecule has 21 heavy (non-hydrogen) atoms. The molecule has 0 aliphatic heterocycles. The van der Waals surface area contributed by atoms with E-state index in [0.29, 0.717) is 22.9 Å². The van der Waals surface area contributed by atoms with Gasteiger partial charge in [0, 0.05) is 18.8 Å². The van der Waals surface area contributed by atoms with Crippen LogP contribution in [0.2, 0.25) is 0 Å². The highest BCUT2D eigenvalue weighted by atomic mass is 32.2. The van der Waals surface area contributed by atoms with Crippen molar-refractivity contribution in [1.82, 2.24) is 10.0 Å². The standard InChI is InChI=1S/C15H22N2O2S2/c1-3-9-16-13-14-5-7-15(8-6-14)21(18,19)17-10-12-20-11-4-2/h2,5-8,16-17H,3,9-13H2,1H3. The van der Waals surface area contributed by atoms with Crippen molar-refractivity contribution in [3.05, 3.63) is 29.8 Å². The molecule has 0 radical (unpaired) electrons. The van der Waals surface area contributed by atoms with E-state index in [2.05, 4.69) is 22.9 Å². The Morgan fingerprint density at radius 1 is 1.24 bits per heavy atom. The molecule has 0 saturated heterocycles. The summed E-state index contributed by atoms with van der Waals surface area (Å²) in [6.45, 7) is 4.20. The molecular weight excluding hydrogens is 304 g/mol. The second kappa shape index (κ2) is 9.85. The molecule has 0 aliphatic carbocycles. The Hall–Kier alpha value is -1.00. The van der Waals surface area contributed by atoms with Gasteiger partial charge in [0.25, 0.3) is 0 Å². The quantitative estimate of drug-likeness (QED) is 0.509. The minimum absolute atomic E-state index is 0.295. The van der Waals surface area contributed by atoms with Crippen LogP contribution in [0.4, 0.5) is 0 Å². The summed E-state index contributed by atoms with van der Waals surface area (Å²) in [5.41, 5.74) is 1.08. The predicted molar refractivity (Wildman–Crippen MR) is 89.8 cm³/mol. The van der Waals surface area contributed by atoms with E-state index in [1.165, 1.54) is 11.8 Å². The molecule has 4 nitrogen and oxygen atoms in total. The van der Waals surface area contributed by atoms with Gasteiger partial charge in [-0.25, -0.2) is 13.1 Å². The Balaban J connectivity index is 2.49. The third-order valence-electron chi connectivity index (χ3n) is 2.71. The van der Waals surface area contributed by atoms with Gasteiger partial charge in [-0.05, 0) is 30.7 Å². The van der Waals surface area contributed by atoms with Crippen molar-refractivity contribution in [2.24, 2.45) is 0 Å². The van der Waals surface area contributed by atoms with Gasteiger partial charge in [-0.15, -0.1) is 18.2 Å². The molecule has 1 aromatic carbocycles. The number of terminal acetylenes is 1. The second-order valence-corrected chi connectivity index (χ2v) is 7.35. The molecule has 0 bridgehead atoms. The summed E-state index contributed by atoms with van der Waals surface area (Å²) < 4.78 is 26.7. The van der Waals surface area contributed by atoms with E-state index in [9.17, 15) is 8.42 Å². The van der Waals surface area contributed by atoms with Gasteiger partial charge in [-0.1, -0.05) is 25.0 Å². The monoisotopic (exact) mass is 326 g/mol. The number of benzene rings is 1. The third kappa shape index (κ3) is 7.00. The molecule has 0 fully saturated rings. The van der Waals surface area contributed by atoms with Gasteiger partial charge in [-0.2, -0.15) is 0 Å². The second-order valence-electron chi connectivity index (χ2n) is 4.48. The summed E-state index contributed by atoms with van der Waals surface area (Å²) in [5, 5.41) is 3.28. The molecule has 0 saturated carbocycles. The van der Waals surface area contributed by atoms with Crippen molar-refractivity contribution in [3.63, 3.8) is 0 Å². The summed E-state index contributed by atoms with van der Waals surface area (Å²) in [6.07, 6.45) is 6.21. The molecule has 0 spiro atoms. The first-order valence-corrected chi connectivity index (χ1v) is 9.54. The molecule has 1 aromatic rings. The van der Waals surface area contributed by atoms with E-state index in [1.807, 2.05) is 12.1 Å². The number of rotatable bonds is 10. The molecule has 2 N–H and O–H groups in total. The zero-order chi connectivity index (χ0) is 15.6. The zero-order valence-electron chi connectivity index (χ0n) is 12.3. The van der Waals surface area contributed by atoms with Crippen LogP contribution in [-0.2, 0) is 16.6 Å². The molecule has 116 valence electrons. The minimum atomic E-state index is -3.42. The average molecular weight is 326 g/mol. The SMILES string of the molecule is C#CCSCCNS(=O)(=O)c1ccc(CNCCC)cc1. The molecule has 0 heterocycles. The van der Waals surface area contributed by atoms with Gasteiger partial charge in [0.05, 0.1) is 10.6 Å². The lowest BCUT2D eigenvalue weighted by atomic mass is 10.2. The number of hydrogen-bond acceptors (Lipinski definition) is 4. The van der Waals surface area contributed by atoms with Crippen LogP contribution in [0.1, 0.15) is 18.9 Å². The number of hydrogen-bond donors (Lipinski definition) is 2. The van der Waals surface area contributed by atoms with Crippen LogP contribution in [0.15, 0.2) is 29.2 Å². The molecule has 0 aromatic heterocycles. The summed E-state index contributed by atoms with van der Waals surface area (Å²) in [6, 6.07) is 6.95. The van der Waals surface area contributed by atoms with Gasteiger partial charge in [0.2, 0.25) is 10.0 Å². The van der Waals surface area contributed by atoms with Crippen LogP contribution < -0.4 is 10.0 Å². The molecular formula is C15H22N2O2S2. The van der Waals surface area contributed by atoms with Crippen molar-refractivity contribution in [2.75, 3.05) is 24.6 Å². The zero-order valence-corrected chi connectivity index (χ0v) is 13.9. The normalized spacial score (nSPS) is 11.2. The fourth-order valence-corrected chi connectivity index (χ4v) is 3.33. The maximum Gasteiger partial charge on any atom is 0.240 e. The smallest absolute Gasteiger partial charge is 0.240 e. The largest absolute Gasteiger partial charge is 0.313 e. The molecule has 0 aliphatic rings. The van der Waals surface area contributed by atoms with Gasteiger partial charge < -0.3 is 5.32 Å². The maximum atomic E-state index is 12.1. The number of nitrogens with one attached hydrogen (secondary N) is 2. The first kappa shape index (κ1) is 18.1. The van der Waals surface area contributed by atoms with E-state index in [0.717, 1.165) is 25.1 Å². The van der Waals surface area contributed by atoms with Crippen molar-refractivity contribution >= 4 is 21.8 Å². The lowest BCUT2D eigenvalue weighted by Gasteiger charge is -2.08. The van der Waals surface area contributed by atoms with Crippen molar-refractivity contribution < 1.29 is 8.42 Å². The third-order valence-corrected chi connectivity index (χ3v) is 5.05. The minimum Gasteiger partial charge on any atom is -0.313 e. The van der Waals surface area contributed by atoms with E-state index in [4.69, 9.17) is 6.42 Å². The fraction of sp³-hybridized carbons (Fsp3) is 0.467. The Bertz CT molecular complexity index is 548. The highest BCUT2D eigenvalue weighted by molar-refractivity contribution is 7.99. The fourth-order valence-electron chi connectivity index (χ4n) is 1.66. The highest BCUT2D eigenvalue weighted by Gasteiger charge is 2.12. The van der Waals surface area contributed by atoms with Gasteiger partial charge in [-0.3, -0.25) is 0 Å². The first-order chi connectivity index (χ1) is 10.1. The lowest BCUT2D eigenvalue weighted by molar-refractivity contribution is 0.584. The Morgan fingerprint density at radius 2 is 1.95 bits per heavy atom. The van der Waals surface area contributed by atoms with Crippen LogP contribution in [0.3, 0.4) is 0 Å². The average Bonchev–Trinajstić information content (AvgIpc) is 2.48. The Labute approximate surface area is 132 Å². The van der Waals surface area contributed by atoms with Crippen LogP contribution in [0, 0.1) is 12.3 Å². The van der Waals surface area contributed by atoms with E-state index < -0.39 is 10.0 Å². The topological polar surface area (TPSA) is 58.2 Å². The van der Waals surface area contributed by atoms with E-state index in [-0.39, 0.29) is 0 Å². The predicted octanol–water partition coefficient (Wildman–Crippen LogP) is 1.83. The lowest BCUT2D eigenvalue weighted by Crippen LogP contribution is -2.26. The molecule has 0 amide bonds. The van der Waals surface area contributed by atoms with Crippen LogP contribution >= 0.6 is 11.8 Å². The number of thioether (sulfide) groups is 1. The highest BCUT2D eigenvalue weighted by Crippen LogP contribution is 2.10. The van der Waals surface area contributed by atoms with Crippen LogP contribution in [0.5, 0.6) is 0 Å². The number of sulfonamides is 1. The Morgan fingerprint density at radius 3 is 2.57 bits per heavy atom. The first-order valence-electron chi connectivity index (χ1n) is 6.90. The van der Waals surface area contributed by atoms with Crippen molar-refractivity contribution in [1.29, 1.82) is 0 Å². The van der Waals surface area contributed by atoms with Gasteiger partial charge >= 0.3 is 0 Å².